The number of likely N-dealkylation sites (N-methyl/N-ethyl adjacent to an activating group) is 1. The molecular weight excluding hydrogens is 304 g/mol. The van der Waals surface area contributed by atoms with E-state index in [2.05, 4.69) is 56.4 Å². The van der Waals surface area contributed by atoms with Gasteiger partial charge in [0.2, 0.25) is 0 Å². The molecule has 0 aromatic rings. The first-order valence-corrected chi connectivity index (χ1v) is 10.7. The molecular formula is C19H38N2OS. The van der Waals surface area contributed by atoms with Crippen LogP contribution >= 0.6 is 11.8 Å². The Bertz CT molecular complexity index is 331. The van der Waals surface area contributed by atoms with Gasteiger partial charge in [0.1, 0.15) is 0 Å². The van der Waals surface area contributed by atoms with Crippen molar-refractivity contribution in [3.05, 3.63) is 0 Å². The van der Waals surface area contributed by atoms with Crippen molar-refractivity contribution in [2.75, 3.05) is 51.8 Å². The normalized spacial score (nSPS) is 31.7. The Morgan fingerprint density at radius 3 is 2.48 bits per heavy atom. The van der Waals surface area contributed by atoms with Gasteiger partial charge in [-0.2, -0.15) is 11.8 Å². The number of ether oxygens (including phenoxy) is 1. The van der Waals surface area contributed by atoms with Gasteiger partial charge in [-0.15, -0.1) is 0 Å². The van der Waals surface area contributed by atoms with Gasteiger partial charge in [-0.25, -0.2) is 0 Å². The second-order valence-electron chi connectivity index (χ2n) is 8.23. The summed E-state index contributed by atoms with van der Waals surface area (Å²) < 4.78 is 6.52. The second-order valence-corrected chi connectivity index (χ2v) is 9.45. The summed E-state index contributed by atoms with van der Waals surface area (Å²) in [6.07, 6.45) is 4.45. The predicted octanol–water partition coefficient (Wildman–Crippen LogP) is 3.44. The van der Waals surface area contributed by atoms with Crippen molar-refractivity contribution in [3.63, 3.8) is 0 Å². The molecule has 0 aromatic carbocycles. The number of rotatable bonds is 7. The van der Waals surface area contributed by atoms with Crippen LogP contribution in [0.4, 0.5) is 0 Å². The molecule has 0 spiro atoms. The number of hydrogen-bond acceptors (Lipinski definition) is 4. The fraction of sp³-hybridized carbons (Fsp3) is 1.00. The first-order chi connectivity index (χ1) is 11.0. The molecule has 4 atom stereocenters. The molecule has 1 saturated heterocycles. The highest BCUT2D eigenvalue weighted by molar-refractivity contribution is 7.99. The lowest BCUT2D eigenvalue weighted by atomic mass is 9.75. The minimum atomic E-state index is 0.470. The van der Waals surface area contributed by atoms with Crippen LogP contribution in [0.2, 0.25) is 0 Å². The maximum Gasteiger partial charge on any atom is 0.0637 e. The molecule has 136 valence electrons. The zero-order valence-electron chi connectivity index (χ0n) is 16.0. The lowest BCUT2D eigenvalue weighted by molar-refractivity contribution is -0.0581. The number of hydrogen-bond donors (Lipinski definition) is 0. The molecule has 1 heterocycles. The summed E-state index contributed by atoms with van der Waals surface area (Å²) in [7, 11) is 4.41. The molecule has 1 saturated carbocycles. The van der Waals surface area contributed by atoms with Gasteiger partial charge >= 0.3 is 0 Å². The van der Waals surface area contributed by atoms with Crippen LogP contribution in [0.1, 0.15) is 40.0 Å². The summed E-state index contributed by atoms with van der Waals surface area (Å²) in [5.41, 5.74) is 0. The van der Waals surface area contributed by atoms with E-state index in [1.807, 2.05) is 0 Å². The molecule has 0 radical (unpaired) electrons. The first kappa shape index (κ1) is 19.6. The van der Waals surface area contributed by atoms with Crippen LogP contribution in [-0.4, -0.2) is 73.8 Å². The third-order valence-corrected chi connectivity index (χ3v) is 6.71. The van der Waals surface area contributed by atoms with Crippen molar-refractivity contribution in [2.24, 2.45) is 17.8 Å². The molecule has 1 aliphatic heterocycles. The van der Waals surface area contributed by atoms with Crippen LogP contribution in [0.15, 0.2) is 0 Å². The van der Waals surface area contributed by atoms with Crippen LogP contribution in [0, 0.1) is 17.8 Å². The van der Waals surface area contributed by atoms with Crippen molar-refractivity contribution < 1.29 is 4.74 Å². The van der Waals surface area contributed by atoms with Crippen molar-refractivity contribution in [3.8, 4) is 0 Å². The average molecular weight is 343 g/mol. The van der Waals surface area contributed by atoms with Crippen LogP contribution in [-0.2, 0) is 4.74 Å². The number of thioether (sulfide) groups is 1. The van der Waals surface area contributed by atoms with Crippen molar-refractivity contribution in [2.45, 2.75) is 52.2 Å². The van der Waals surface area contributed by atoms with Gasteiger partial charge in [0.15, 0.2) is 0 Å². The predicted molar refractivity (Wildman–Crippen MR) is 102 cm³/mol. The van der Waals surface area contributed by atoms with E-state index in [-0.39, 0.29) is 0 Å². The summed E-state index contributed by atoms with van der Waals surface area (Å²) >= 11 is 2.09. The maximum atomic E-state index is 6.52. The van der Waals surface area contributed by atoms with Gasteiger partial charge in [0, 0.05) is 37.2 Å². The Hall–Kier alpha value is 0.230. The lowest BCUT2D eigenvalue weighted by Gasteiger charge is -2.39. The highest BCUT2D eigenvalue weighted by Gasteiger charge is 2.32. The van der Waals surface area contributed by atoms with Crippen LogP contribution < -0.4 is 0 Å². The monoisotopic (exact) mass is 342 g/mol. The van der Waals surface area contributed by atoms with E-state index in [9.17, 15) is 0 Å². The lowest BCUT2D eigenvalue weighted by Crippen LogP contribution is -2.47. The molecule has 0 bridgehead atoms. The minimum absolute atomic E-state index is 0.470. The smallest absolute Gasteiger partial charge is 0.0637 e. The summed E-state index contributed by atoms with van der Waals surface area (Å²) in [5, 5.41) is 0. The first-order valence-electron chi connectivity index (χ1n) is 9.55. The molecule has 3 nitrogen and oxygen atoms in total. The van der Waals surface area contributed by atoms with E-state index in [1.54, 1.807) is 0 Å². The van der Waals surface area contributed by atoms with Gasteiger partial charge in [-0.3, -0.25) is 0 Å². The Balaban J connectivity index is 1.85. The van der Waals surface area contributed by atoms with Crippen molar-refractivity contribution in [1.29, 1.82) is 0 Å². The molecule has 2 rings (SSSR count). The van der Waals surface area contributed by atoms with Gasteiger partial charge < -0.3 is 14.5 Å². The van der Waals surface area contributed by atoms with E-state index in [1.165, 1.54) is 43.9 Å². The van der Waals surface area contributed by atoms with Crippen LogP contribution in [0.3, 0.4) is 0 Å². The Kier molecular flexibility index (Phi) is 8.20. The quantitative estimate of drug-likeness (QED) is 0.704. The molecule has 0 N–H and O–H groups in total. The fourth-order valence-electron chi connectivity index (χ4n) is 3.99. The SMILES string of the molecule is CC1CCC(C(C)C)C(OCC(CN2CCSCC2)N(C)C)C1. The highest BCUT2D eigenvalue weighted by Crippen LogP contribution is 2.35. The highest BCUT2D eigenvalue weighted by atomic mass is 32.2. The van der Waals surface area contributed by atoms with Gasteiger partial charge in [-0.05, 0) is 44.7 Å². The molecule has 2 aliphatic rings. The van der Waals surface area contributed by atoms with Gasteiger partial charge in [0.25, 0.3) is 0 Å². The second kappa shape index (κ2) is 9.65. The minimum Gasteiger partial charge on any atom is -0.376 e. The summed E-state index contributed by atoms with van der Waals surface area (Å²) in [4.78, 5) is 4.98. The third kappa shape index (κ3) is 6.22. The molecule has 23 heavy (non-hydrogen) atoms. The van der Waals surface area contributed by atoms with E-state index in [4.69, 9.17) is 4.74 Å². The Morgan fingerprint density at radius 1 is 1.17 bits per heavy atom. The van der Waals surface area contributed by atoms with E-state index >= 15 is 0 Å². The summed E-state index contributed by atoms with van der Waals surface area (Å²) in [6.45, 7) is 11.6. The van der Waals surface area contributed by atoms with Gasteiger partial charge in [0.05, 0.1) is 12.7 Å². The van der Waals surface area contributed by atoms with E-state index in [0.29, 0.717) is 12.1 Å². The standard InChI is InChI=1S/C19H38N2OS/c1-15(2)18-7-6-16(3)12-19(18)22-14-17(20(4)5)13-21-8-10-23-11-9-21/h15-19H,6-14H2,1-5H3. The third-order valence-electron chi connectivity index (χ3n) is 5.77. The fourth-order valence-corrected chi connectivity index (χ4v) is 4.97. The zero-order valence-corrected chi connectivity index (χ0v) is 16.8. The van der Waals surface area contributed by atoms with Crippen molar-refractivity contribution >= 4 is 11.8 Å². The van der Waals surface area contributed by atoms with Crippen LogP contribution in [0.25, 0.3) is 0 Å². The number of nitrogens with zero attached hydrogens (tertiary/aromatic N) is 2. The molecule has 2 fully saturated rings. The van der Waals surface area contributed by atoms with Crippen LogP contribution in [0.5, 0.6) is 0 Å². The maximum absolute atomic E-state index is 6.52. The average Bonchev–Trinajstić information content (AvgIpc) is 2.51. The molecule has 4 unspecified atom stereocenters. The molecule has 1 aliphatic carbocycles. The Labute approximate surface area is 148 Å². The summed E-state index contributed by atoms with van der Waals surface area (Å²) in [5.74, 6) is 4.89. The van der Waals surface area contributed by atoms with Crippen molar-refractivity contribution in [1.82, 2.24) is 9.80 Å². The van der Waals surface area contributed by atoms with E-state index in [0.717, 1.165) is 30.9 Å². The molecule has 0 aromatic heterocycles. The van der Waals surface area contributed by atoms with Gasteiger partial charge in [-0.1, -0.05) is 27.2 Å². The topological polar surface area (TPSA) is 15.7 Å². The summed E-state index contributed by atoms with van der Waals surface area (Å²) in [6, 6.07) is 0.517. The zero-order chi connectivity index (χ0) is 16.8. The Morgan fingerprint density at radius 2 is 1.87 bits per heavy atom. The molecule has 4 heteroatoms. The van der Waals surface area contributed by atoms with E-state index < -0.39 is 0 Å². The largest absolute Gasteiger partial charge is 0.376 e. The molecule has 0 amide bonds.